The Morgan fingerprint density at radius 3 is 1.97 bits per heavy atom. The number of nitrogens with zero attached hydrogens (tertiary/aromatic N) is 1. The molecule has 152 valence electrons. The predicted octanol–water partition coefficient (Wildman–Crippen LogP) is 6.03. The van der Waals surface area contributed by atoms with Crippen LogP contribution in [0.5, 0.6) is 11.5 Å². The van der Waals surface area contributed by atoms with E-state index in [0.29, 0.717) is 6.54 Å². The number of anilines is 1. The van der Waals surface area contributed by atoms with Gasteiger partial charge in [-0.25, -0.2) is 4.98 Å². The maximum Gasteiger partial charge on any atom is 0.183 e. The first kappa shape index (κ1) is 20.0. The normalized spacial score (nSPS) is 10.6. The van der Waals surface area contributed by atoms with Crippen molar-refractivity contribution in [2.75, 3.05) is 19.5 Å². The van der Waals surface area contributed by atoms with Gasteiger partial charge in [-0.15, -0.1) is 11.3 Å². The molecule has 0 aliphatic rings. The largest absolute Gasteiger partial charge is 0.497 e. The van der Waals surface area contributed by atoms with E-state index >= 15 is 0 Å². The summed E-state index contributed by atoms with van der Waals surface area (Å²) in [6.07, 6.45) is 0.829. The summed E-state index contributed by atoms with van der Waals surface area (Å²) in [5.74, 6) is 1.73. The molecule has 5 heteroatoms. The molecule has 0 amide bonds. The van der Waals surface area contributed by atoms with E-state index in [2.05, 4.69) is 53.8 Å². The third kappa shape index (κ3) is 4.81. The summed E-state index contributed by atoms with van der Waals surface area (Å²) in [6, 6.07) is 26.7. The lowest BCUT2D eigenvalue weighted by atomic mass is 10.1. The maximum atomic E-state index is 5.28. The average molecular weight is 417 g/mol. The molecule has 1 heterocycles. The second kappa shape index (κ2) is 9.46. The van der Waals surface area contributed by atoms with Crippen LogP contribution in [0.15, 0.2) is 78.9 Å². The minimum absolute atomic E-state index is 0.716. The Labute approximate surface area is 181 Å². The van der Waals surface area contributed by atoms with Gasteiger partial charge in [-0.2, -0.15) is 0 Å². The van der Waals surface area contributed by atoms with E-state index in [1.807, 2.05) is 30.3 Å². The predicted molar refractivity (Wildman–Crippen MR) is 124 cm³/mol. The molecule has 0 atom stereocenters. The summed E-state index contributed by atoms with van der Waals surface area (Å²) in [7, 11) is 3.37. The lowest BCUT2D eigenvalue weighted by Crippen LogP contribution is -1.98. The Kier molecular flexibility index (Phi) is 6.30. The molecular weight excluding hydrogens is 392 g/mol. The van der Waals surface area contributed by atoms with Gasteiger partial charge in [0, 0.05) is 23.4 Å². The van der Waals surface area contributed by atoms with E-state index in [4.69, 9.17) is 14.5 Å². The first-order valence-corrected chi connectivity index (χ1v) is 10.6. The molecule has 0 bridgehead atoms. The van der Waals surface area contributed by atoms with Gasteiger partial charge < -0.3 is 14.8 Å². The Hall–Kier alpha value is -3.31. The molecule has 0 fully saturated rings. The van der Waals surface area contributed by atoms with Crippen LogP contribution in [0.2, 0.25) is 0 Å². The molecule has 0 unspecified atom stereocenters. The number of benzene rings is 3. The van der Waals surface area contributed by atoms with E-state index in [-0.39, 0.29) is 0 Å². The van der Waals surface area contributed by atoms with E-state index < -0.39 is 0 Å². The third-order valence-corrected chi connectivity index (χ3v) is 5.88. The first-order chi connectivity index (χ1) is 14.7. The Balaban J connectivity index is 1.56. The van der Waals surface area contributed by atoms with Crippen LogP contribution in [0, 0.1) is 0 Å². The van der Waals surface area contributed by atoms with Crippen molar-refractivity contribution in [2.45, 2.75) is 13.0 Å². The van der Waals surface area contributed by atoms with Crippen LogP contribution in [0.25, 0.3) is 11.3 Å². The van der Waals surface area contributed by atoms with Gasteiger partial charge in [-0.3, -0.25) is 0 Å². The van der Waals surface area contributed by atoms with Crippen molar-refractivity contribution in [2.24, 2.45) is 0 Å². The Bertz CT molecular complexity index is 1070. The second-order valence-electron chi connectivity index (χ2n) is 6.88. The zero-order valence-electron chi connectivity index (χ0n) is 17.1. The van der Waals surface area contributed by atoms with Crippen LogP contribution in [0.1, 0.15) is 16.0 Å². The molecule has 30 heavy (non-hydrogen) atoms. The monoisotopic (exact) mass is 416 g/mol. The summed E-state index contributed by atoms with van der Waals surface area (Å²) < 4.78 is 10.5. The highest BCUT2D eigenvalue weighted by Crippen LogP contribution is 2.33. The summed E-state index contributed by atoms with van der Waals surface area (Å²) in [5, 5.41) is 4.40. The Morgan fingerprint density at radius 2 is 1.37 bits per heavy atom. The molecule has 4 nitrogen and oxygen atoms in total. The lowest BCUT2D eigenvalue weighted by Gasteiger charge is -2.04. The molecule has 3 aromatic carbocycles. The number of rotatable bonds is 8. The van der Waals surface area contributed by atoms with Crippen molar-refractivity contribution in [3.05, 3.63) is 94.9 Å². The quantitative estimate of drug-likeness (QED) is 0.381. The number of methoxy groups -OCH3 is 2. The van der Waals surface area contributed by atoms with Crippen molar-refractivity contribution in [1.29, 1.82) is 0 Å². The number of thiazole rings is 1. The van der Waals surface area contributed by atoms with E-state index in [1.165, 1.54) is 16.0 Å². The van der Waals surface area contributed by atoms with Gasteiger partial charge in [0.25, 0.3) is 0 Å². The molecular formula is C25H24N2O2S. The smallest absolute Gasteiger partial charge is 0.183 e. The molecule has 0 saturated heterocycles. The van der Waals surface area contributed by atoms with Crippen LogP contribution >= 0.6 is 11.3 Å². The highest BCUT2D eigenvalue weighted by atomic mass is 32.1. The van der Waals surface area contributed by atoms with Gasteiger partial charge in [-0.05, 0) is 35.4 Å². The molecule has 0 saturated carbocycles. The Morgan fingerprint density at radius 1 is 0.767 bits per heavy atom. The summed E-state index contributed by atoms with van der Waals surface area (Å²) >= 11 is 1.71. The average Bonchev–Trinajstić information content (AvgIpc) is 3.21. The van der Waals surface area contributed by atoms with Crippen molar-refractivity contribution in [3.63, 3.8) is 0 Å². The summed E-state index contributed by atoms with van der Waals surface area (Å²) in [4.78, 5) is 6.16. The van der Waals surface area contributed by atoms with Crippen molar-refractivity contribution in [3.8, 4) is 22.8 Å². The highest BCUT2D eigenvalue weighted by molar-refractivity contribution is 7.16. The number of nitrogens with one attached hydrogen (secondary N) is 1. The molecule has 4 rings (SSSR count). The standard InChI is InChI=1S/C25H24N2O2S/c1-28-21-12-8-18(9-13-21)16-23-24(20-6-4-3-5-7-20)27-25(30-23)26-17-19-10-14-22(29-2)15-11-19/h3-15H,16-17H2,1-2H3,(H,26,27). The molecule has 0 aliphatic heterocycles. The SMILES string of the molecule is COc1ccc(CNc2nc(-c3ccccc3)c(Cc3ccc(OC)cc3)s2)cc1. The van der Waals surface area contributed by atoms with Crippen molar-refractivity contribution < 1.29 is 9.47 Å². The van der Waals surface area contributed by atoms with Gasteiger partial charge >= 0.3 is 0 Å². The lowest BCUT2D eigenvalue weighted by molar-refractivity contribution is 0.414. The van der Waals surface area contributed by atoms with Gasteiger partial charge in [0.1, 0.15) is 11.5 Å². The fourth-order valence-electron chi connectivity index (χ4n) is 3.22. The van der Waals surface area contributed by atoms with Crippen LogP contribution in [0.3, 0.4) is 0 Å². The third-order valence-electron chi connectivity index (χ3n) is 4.87. The molecule has 4 aromatic rings. The molecule has 1 aromatic heterocycles. The number of aromatic nitrogens is 1. The van der Waals surface area contributed by atoms with E-state index in [9.17, 15) is 0 Å². The minimum Gasteiger partial charge on any atom is -0.497 e. The topological polar surface area (TPSA) is 43.4 Å². The summed E-state index contributed by atoms with van der Waals surface area (Å²) in [5.41, 5.74) is 4.59. The number of ether oxygens (including phenoxy) is 2. The first-order valence-electron chi connectivity index (χ1n) is 9.80. The van der Waals surface area contributed by atoms with Crippen LogP contribution in [-0.2, 0) is 13.0 Å². The van der Waals surface area contributed by atoms with E-state index in [0.717, 1.165) is 34.3 Å². The highest BCUT2D eigenvalue weighted by Gasteiger charge is 2.14. The fraction of sp³-hybridized carbons (Fsp3) is 0.160. The van der Waals surface area contributed by atoms with Gasteiger partial charge in [0.05, 0.1) is 19.9 Å². The van der Waals surface area contributed by atoms with Crippen LogP contribution in [0.4, 0.5) is 5.13 Å². The van der Waals surface area contributed by atoms with Crippen molar-refractivity contribution in [1.82, 2.24) is 4.98 Å². The fourth-order valence-corrected chi connectivity index (χ4v) is 4.23. The van der Waals surface area contributed by atoms with Gasteiger partial charge in [-0.1, -0.05) is 54.6 Å². The number of hydrogen-bond donors (Lipinski definition) is 1. The zero-order chi connectivity index (χ0) is 20.8. The van der Waals surface area contributed by atoms with Gasteiger partial charge in [0.15, 0.2) is 5.13 Å². The van der Waals surface area contributed by atoms with Crippen molar-refractivity contribution >= 4 is 16.5 Å². The molecule has 0 aliphatic carbocycles. The zero-order valence-corrected chi connectivity index (χ0v) is 17.9. The van der Waals surface area contributed by atoms with E-state index in [1.54, 1.807) is 25.6 Å². The van der Waals surface area contributed by atoms with Crippen LogP contribution < -0.4 is 14.8 Å². The minimum atomic E-state index is 0.716. The van der Waals surface area contributed by atoms with Gasteiger partial charge in [0.2, 0.25) is 0 Å². The second-order valence-corrected chi connectivity index (χ2v) is 7.97. The molecule has 0 radical (unpaired) electrons. The molecule has 0 spiro atoms. The van der Waals surface area contributed by atoms with Crippen LogP contribution in [-0.4, -0.2) is 19.2 Å². The molecule has 1 N–H and O–H groups in total. The summed E-state index contributed by atoms with van der Waals surface area (Å²) in [6.45, 7) is 0.716. The maximum absolute atomic E-state index is 5.28. The number of hydrogen-bond acceptors (Lipinski definition) is 5.